The lowest BCUT2D eigenvalue weighted by Crippen LogP contribution is -2.37. The van der Waals surface area contributed by atoms with Crippen molar-refractivity contribution in [2.45, 2.75) is 52.5 Å². The first kappa shape index (κ1) is 32.9. The highest BCUT2D eigenvalue weighted by Crippen LogP contribution is 2.44. The first-order valence-electron chi connectivity index (χ1n) is 12.3. The molecule has 5 N–H and O–H groups in total. The van der Waals surface area contributed by atoms with Gasteiger partial charge in [0.1, 0.15) is 30.0 Å². The van der Waals surface area contributed by atoms with Crippen molar-refractivity contribution < 1.29 is 44.6 Å². The number of nitrogens with zero attached hydrogens (tertiary/aromatic N) is 4. The molecule has 0 unspecified atom stereocenters. The van der Waals surface area contributed by atoms with Crippen molar-refractivity contribution in [2.75, 3.05) is 12.1 Å². The molecule has 0 aliphatic carbocycles. The zero-order valence-corrected chi connectivity index (χ0v) is 23.8. The van der Waals surface area contributed by atoms with Gasteiger partial charge in [0.05, 0.1) is 25.1 Å². The van der Waals surface area contributed by atoms with Crippen LogP contribution < -0.4 is 15.3 Å². The summed E-state index contributed by atoms with van der Waals surface area (Å²) < 4.78 is 32.2. The maximum absolute atomic E-state index is 13.6. The van der Waals surface area contributed by atoms with E-state index in [1.54, 1.807) is 55.9 Å². The number of fused-ring (bicyclic) bond motifs is 1. The van der Waals surface area contributed by atoms with E-state index in [0.717, 1.165) is 0 Å². The number of hydrogen-bond acceptors (Lipinski definition) is 11. The Morgan fingerprint density at radius 2 is 1.71 bits per heavy atom. The van der Waals surface area contributed by atoms with Crippen LogP contribution >= 0.6 is 7.52 Å². The van der Waals surface area contributed by atoms with Gasteiger partial charge in [-0.25, -0.2) is 29.6 Å². The summed E-state index contributed by atoms with van der Waals surface area (Å²) in [4.78, 5) is 43.7. The summed E-state index contributed by atoms with van der Waals surface area (Å²) in [6.07, 6.45) is 3.13. The van der Waals surface area contributed by atoms with E-state index in [4.69, 9.17) is 29.9 Å². The number of nitrogens with one attached hydrogen (secondary N) is 1. The second kappa shape index (κ2) is 15.5. The van der Waals surface area contributed by atoms with E-state index < -0.39 is 31.5 Å². The van der Waals surface area contributed by atoms with E-state index in [0.29, 0.717) is 41.4 Å². The molecule has 0 aliphatic rings. The number of aliphatic carboxylic acids is 2. The number of rotatable bonds is 13. The summed E-state index contributed by atoms with van der Waals surface area (Å²) in [7, 11) is -3.64. The maximum atomic E-state index is 13.6. The molecule has 0 saturated carbocycles. The third-order valence-corrected chi connectivity index (χ3v) is 6.65. The van der Waals surface area contributed by atoms with Gasteiger partial charge in [-0.15, -0.1) is 0 Å². The van der Waals surface area contributed by atoms with Gasteiger partial charge in [0.15, 0.2) is 11.5 Å². The molecule has 2 heterocycles. The molecule has 3 atom stereocenters. The van der Waals surface area contributed by atoms with Crippen LogP contribution in [0.1, 0.15) is 29.1 Å². The molecule has 224 valence electrons. The number of aromatic nitrogens is 4. The molecule has 0 saturated heterocycles. The van der Waals surface area contributed by atoms with Crippen molar-refractivity contribution in [1.29, 1.82) is 0 Å². The molecular weight excluding hydrogens is 559 g/mol. The SMILES string of the molecule is CC(C)OC(=O)[C@H](C)N[P@](=O)(CO[C@H](C)Cn1cnc2c(N)ncnc21)Oc1ccccc1.O=C(O)/C=C/C(=O)O.[HH]. The first-order valence-corrected chi connectivity index (χ1v) is 14.1. The summed E-state index contributed by atoms with van der Waals surface area (Å²) in [5, 5.41) is 18.4. The molecule has 0 spiro atoms. The van der Waals surface area contributed by atoms with E-state index in [1.807, 2.05) is 13.0 Å². The number of carboxylic acid groups (broad SMARTS) is 2. The highest BCUT2D eigenvalue weighted by Gasteiger charge is 2.32. The topological polar surface area (TPSA) is 218 Å². The molecule has 0 aliphatic heterocycles. The van der Waals surface area contributed by atoms with Crippen LogP contribution in [0.3, 0.4) is 0 Å². The van der Waals surface area contributed by atoms with Crippen molar-refractivity contribution in [3.05, 3.63) is 55.1 Å². The third kappa shape index (κ3) is 11.4. The predicted octanol–water partition coefficient (Wildman–Crippen LogP) is 2.93. The number of anilines is 1. The van der Waals surface area contributed by atoms with E-state index in [9.17, 15) is 18.9 Å². The molecule has 3 aromatic rings. The van der Waals surface area contributed by atoms with Crippen molar-refractivity contribution in [3.63, 3.8) is 0 Å². The fourth-order valence-corrected chi connectivity index (χ4v) is 4.94. The average Bonchev–Trinajstić information content (AvgIpc) is 3.30. The molecule has 15 nitrogen and oxygen atoms in total. The van der Waals surface area contributed by atoms with Gasteiger partial charge in [-0.2, -0.15) is 0 Å². The monoisotopic (exact) mass is 594 g/mol. The largest absolute Gasteiger partial charge is 0.478 e. The number of benzene rings is 1. The minimum Gasteiger partial charge on any atom is -0.478 e. The van der Waals surface area contributed by atoms with Gasteiger partial charge in [0, 0.05) is 13.6 Å². The maximum Gasteiger partial charge on any atom is 0.342 e. The number of carboxylic acids is 2. The Morgan fingerprint density at radius 1 is 1.07 bits per heavy atom. The normalized spacial score (nSPS) is 14.1. The molecule has 0 radical (unpaired) electrons. The van der Waals surface area contributed by atoms with Crippen molar-refractivity contribution >= 4 is 42.4 Å². The van der Waals surface area contributed by atoms with E-state index in [1.165, 1.54) is 6.33 Å². The number of nitrogens with two attached hydrogens (primary N) is 1. The van der Waals surface area contributed by atoms with Crippen molar-refractivity contribution in [2.24, 2.45) is 0 Å². The van der Waals surface area contributed by atoms with Crippen LogP contribution in [-0.4, -0.2) is 72.2 Å². The number of ether oxygens (including phenoxy) is 2. The van der Waals surface area contributed by atoms with Crippen LogP contribution in [0, 0.1) is 0 Å². The Labute approximate surface area is 237 Å². The molecule has 0 bridgehead atoms. The lowest BCUT2D eigenvalue weighted by molar-refractivity contribution is -0.149. The van der Waals surface area contributed by atoms with Gasteiger partial charge in [0.2, 0.25) is 0 Å². The average molecular weight is 595 g/mol. The van der Waals surface area contributed by atoms with Crippen LogP contribution in [0.5, 0.6) is 5.75 Å². The highest BCUT2D eigenvalue weighted by atomic mass is 31.2. The van der Waals surface area contributed by atoms with Crippen LogP contribution in [-0.2, 0) is 35.0 Å². The third-order valence-electron chi connectivity index (χ3n) is 4.87. The van der Waals surface area contributed by atoms with Crippen molar-refractivity contribution in [3.8, 4) is 5.75 Å². The number of hydrogen-bond donors (Lipinski definition) is 4. The summed E-state index contributed by atoms with van der Waals surface area (Å²) in [5.74, 6) is -2.36. The number of nitrogen functional groups attached to an aromatic ring is 1. The zero-order chi connectivity index (χ0) is 30.6. The van der Waals surface area contributed by atoms with Gasteiger partial charge in [-0.3, -0.25) is 9.36 Å². The summed E-state index contributed by atoms with van der Waals surface area (Å²) in [6, 6.07) is 7.83. The Balaban J connectivity index is 0.000000860. The van der Waals surface area contributed by atoms with Crippen molar-refractivity contribution in [1.82, 2.24) is 24.6 Å². The van der Waals surface area contributed by atoms with E-state index >= 15 is 0 Å². The lowest BCUT2D eigenvalue weighted by atomic mass is 10.3. The fourth-order valence-electron chi connectivity index (χ4n) is 3.15. The van der Waals surface area contributed by atoms with Gasteiger partial charge in [0.25, 0.3) is 0 Å². The zero-order valence-electron chi connectivity index (χ0n) is 22.9. The smallest absolute Gasteiger partial charge is 0.342 e. The van der Waals surface area contributed by atoms with E-state index in [-0.39, 0.29) is 20.0 Å². The molecule has 0 amide bonds. The molecular formula is C25H35N6O9P. The number of imidazole rings is 1. The van der Waals surface area contributed by atoms with Crippen LogP contribution in [0.15, 0.2) is 55.1 Å². The fraction of sp³-hybridized carbons (Fsp3) is 0.360. The highest BCUT2D eigenvalue weighted by molar-refractivity contribution is 7.57. The quantitative estimate of drug-likeness (QED) is 0.127. The van der Waals surface area contributed by atoms with Gasteiger partial charge in [-0.05, 0) is 39.8 Å². The molecule has 3 rings (SSSR count). The molecule has 1 aromatic carbocycles. The molecule has 2 aromatic heterocycles. The van der Waals surface area contributed by atoms with Crippen LogP contribution in [0.2, 0.25) is 0 Å². The second-order valence-electron chi connectivity index (χ2n) is 8.86. The second-order valence-corrected chi connectivity index (χ2v) is 10.9. The Kier molecular flexibility index (Phi) is 12.4. The lowest BCUT2D eigenvalue weighted by Gasteiger charge is -2.25. The Hall–Kier alpha value is -4.33. The number of para-hydroxylation sites is 1. The Bertz CT molecular complexity index is 1390. The van der Waals surface area contributed by atoms with Crippen LogP contribution in [0.4, 0.5) is 5.82 Å². The minimum atomic E-state index is -3.64. The number of esters is 1. The van der Waals surface area contributed by atoms with E-state index in [2.05, 4.69) is 20.0 Å². The summed E-state index contributed by atoms with van der Waals surface area (Å²) in [5.41, 5.74) is 6.91. The molecule has 16 heteroatoms. The first-order chi connectivity index (χ1) is 19.3. The van der Waals surface area contributed by atoms with Gasteiger partial charge < -0.3 is 34.5 Å². The summed E-state index contributed by atoms with van der Waals surface area (Å²) >= 11 is 0. The standard InChI is InChI=1S/C21H29N6O5P.C4H4O4.H2/c1-14(2)31-21(28)16(4)26-33(29,32-17-8-6-5-7-9-17)13-30-15(3)10-27-12-25-18-19(22)23-11-24-20(18)27;5-3(6)1-2-4(7)8;/h5-9,11-12,14-16H,10,13H2,1-4H3,(H,26,29)(H2,22,23,24);1-2H,(H,5,6)(H,7,8);1H/b;2-1+;/t15-,16+,33+;;/m1../s1. The Morgan fingerprint density at radius 3 is 2.29 bits per heavy atom. The molecule has 0 fully saturated rings. The molecule has 41 heavy (non-hydrogen) atoms. The minimum absolute atomic E-state index is 0. The van der Waals surface area contributed by atoms with Gasteiger partial charge in [-0.1, -0.05) is 18.2 Å². The van der Waals surface area contributed by atoms with Crippen LogP contribution in [0.25, 0.3) is 11.2 Å². The predicted molar refractivity (Wildman–Crippen MR) is 150 cm³/mol. The number of carbonyl (C=O) groups is 3. The number of carbonyl (C=O) groups excluding carboxylic acids is 1. The van der Waals surface area contributed by atoms with Gasteiger partial charge >= 0.3 is 25.4 Å². The summed E-state index contributed by atoms with van der Waals surface area (Å²) in [6.45, 7) is 7.25.